The van der Waals surface area contributed by atoms with Crippen molar-refractivity contribution in [1.82, 2.24) is 20.2 Å². The van der Waals surface area contributed by atoms with E-state index < -0.39 is 6.04 Å². The van der Waals surface area contributed by atoms with E-state index in [0.717, 1.165) is 5.56 Å². The van der Waals surface area contributed by atoms with Crippen LogP contribution in [-0.4, -0.2) is 32.2 Å². The molecule has 0 saturated carbocycles. The molecule has 3 heterocycles. The van der Waals surface area contributed by atoms with Crippen LogP contribution < -0.4 is 9.47 Å². The normalized spacial score (nSPS) is 17.3. The van der Waals surface area contributed by atoms with Gasteiger partial charge >= 0.3 is 0 Å². The van der Waals surface area contributed by atoms with Crippen molar-refractivity contribution in [3.8, 4) is 0 Å². The molecule has 0 spiro atoms. The number of aryl methyl sites for hydroxylation is 1. The molecule has 1 unspecified atom stereocenters. The molecule has 3 rings (SSSR count). The van der Waals surface area contributed by atoms with Gasteiger partial charge in [0.05, 0.1) is 11.1 Å². The number of anilines is 1. The standard InChI is InChI=1S/C12H14N7O2/c1-16-5-3-9(4-6-16)7-10-11(19(20)21)8-17(2)12-13-14-15-18(10)12/h3-6,8,10H,7H2,1-2H3/q+1. The van der Waals surface area contributed by atoms with Crippen molar-refractivity contribution < 1.29 is 9.49 Å². The van der Waals surface area contributed by atoms with Gasteiger partial charge in [-0.05, 0) is 16.0 Å². The molecule has 9 nitrogen and oxygen atoms in total. The smallest absolute Gasteiger partial charge is 0.287 e. The van der Waals surface area contributed by atoms with Crippen LogP contribution in [0, 0.1) is 10.1 Å². The van der Waals surface area contributed by atoms with Crippen LogP contribution >= 0.6 is 0 Å². The monoisotopic (exact) mass is 288 g/mol. The lowest BCUT2D eigenvalue weighted by Gasteiger charge is -2.24. The summed E-state index contributed by atoms with van der Waals surface area (Å²) in [6.45, 7) is 0. The molecule has 2 aromatic rings. The Hall–Kier alpha value is -2.84. The number of nitro groups is 1. The molecule has 0 aliphatic carbocycles. The number of hydrogen-bond donors (Lipinski definition) is 0. The number of fused-ring (bicyclic) bond motifs is 1. The highest BCUT2D eigenvalue weighted by Crippen LogP contribution is 2.30. The Morgan fingerprint density at radius 2 is 2.14 bits per heavy atom. The van der Waals surface area contributed by atoms with E-state index in [0.29, 0.717) is 12.4 Å². The van der Waals surface area contributed by atoms with Crippen LogP contribution in [-0.2, 0) is 13.5 Å². The fraction of sp³-hybridized carbons (Fsp3) is 0.333. The molecule has 21 heavy (non-hydrogen) atoms. The molecule has 1 aliphatic heterocycles. The molecule has 9 heteroatoms. The number of hydrogen-bond acceptors (Lipinski definition) is 6. The van der Waals surface area contributed by atoms with E-state index in [1.54, 1.807) is 11.9 Å². The summed E-state index contributed by atoms with van der Waals surface area (Å²) in [5, 5.41) is 22.7. The van der Waals surface area contributed by atoms with Crippen molar-refractivity contribution in [3.05, 3.63) is 52.1 Å². The molecule has 1 aliphatic rings. The first-order valence-corrected chi connectivity index (χ1v) is 6.37. The molecular weight excluding hydrogens is 274 g/mol. The van der Waals surface area contributed by atoms with Crippen molar-refractivity contribution in [2.75, 3.05) is 11.9 Å². The summed E-state index contributed by atoms with van der Waals surface area (Å²) >= 11 is 0. The van der Waals surface area contributed by atoms with Gasteiger partial charge in [-0.3, -0.25) is 10.1 Å². The molecule has 0 N–H and O–H groups in total. The summed E-state index contributed by atoms with van der Waals surface area (Å²) in [5.41, 5.74) is 1.06. The molecule has 0 saturated heterocycles. The Labute approximate surface area is 120 Å². The maximum atomic E-state index is 11.3. The summed E-state index contributed by atoms with van der Waals surface area (Å²) in [6, 6.07) is 3.34. The highest BCUT2D eigenvalue weighted by molar-refractivity contribution is 5.38. The van der Waals surface area contributed by atoms with Crippen LogP contribution in [0.4, 0.5) is 5.95 Å². The van der Waals surface area contributed by atoms with E-state index in [1.807, 2.05) is 36.1 Å². The van der Waals surface area contributed by atoms with Crippen LogP contribution in [0.5, 0.6) is 0 Å². The SMILES string of the molecule is CN1C=C([N+](=O)[O-])C(Cc2cc[n+](C)cc2)n2nnnc21. The number of aromatic nitrogens is 5. The van der Waals surface area contributed by atoms with Gasteiger partial charge in [0.25, 0.3) is 5.70 Å². The van der Waals surface area contributed by atoms with Crippen LogP contribution in [0.25, 0.3) is 0 Å². The zero-order chi connectivity index (χ0) is 15.0. The zero-order valence-corrected chi connectivity index (χ0v) is 11.6. The first-order chi connectivity index (χ1) is 10.1. The third kappa shape index (κ3) is 2.33. The lowest BCUT2D eigenvalue weighted by atomic mass is 10.0. The fourth-order valence-electron chi connectivity index (χ4n) is 2.34. The van der Waals surface area contributed by atoms with Gasteiger partial charge in [0.15, 0.2) is 18.4 Å². The van der Waals surface area contributed by atoms with Gasteiger partial charge in [-0.1, -0.05) is 5.10 Å². The second-order valence-electron chi connectivity index (χ2n) is 4.94. The zero-order valence-electron chi connectivity index (χ0n) is 11.6. The summed E-state index contributed by atoms with van der Waals surface area (Å²) in [7, 11) is 3.60. The van der Waals surface area contributed by atoms with Gasteiger partial charge in [-0.2, -0.15) is 4.68 Å². The molecule has 0 bridgehead atoms. The van der Waals surface area contributed by atoms with E-state index >= 15 is 0 Å². The predicted molar refractivity (Wildman–Crippen MR) is 71.7 cm³/mol. The Balaban J connectivity index is 1.99. The van der Waals surface area contributed by atoms with Gasteiger partial charge in [0, 0.05) is 25.6 Å². The number of pyridine rings is 1. The maximum Gasteiger partial charge on any atom is 0.287 e. The molecule has 0 fully saturated rings. The molecule has 0 radical (unpaired) electrons. The summed E-state index contributed by atoms with van der Waals surface area (Å²) in [4.78, 5) is 12.5. The highest BCUT2D eigenvalue weighted by atomic mass is 16.6. The minimum absolute atomic E-state index is 0.0746. The fourth-order valence-corrected chi connectivity index (χ4v) is 2.34. The first-order valence-electron chi connectivity index (χ1n) is 6.37. The Morgan fingerprint density at radius 1 is 1.43 bits per heavy atom. The maximum absolute atomic E-state index is 11.3. The summed E-state index contributed by atoms with van der Waals surface area (Å²) < 4.78 is 3.40. The van der Waals surface area contributed by atoms with E-state index in [1.165, 1.54) is 10.9 Å². The van der Waals surface area contributed by atoms with Crippen LogP contribution in [0.1, 0.15) is 11.6 Å². The third-order valence-corrected chi connectivity index (χ3v) is 3.44. The van der Waals surface area contributed by atoms with E-state index in [9.17, 15) is 10.1 Å². The Bertz CT molecular complexity index is 707. The van der Waals surface area contributed by atoms with Crippen molar-refractivity contribution in [1.29, 1.82) is 0 Å². The minimum Gasteiger partial charge on any atom is -0.313 e. The van der Waals surface area contributed by atoms with Crippen molar-refractivity contribution in [2.24, 2.45) is 7.05 Å². The van der Waals surface area contributed by atoms with E-state index in [2.05, 4.69) is 15.5 Å². The molecule has 108 valence electrons. The number of nitrogens with zero attached hydrogens (tertiary/aromatic N) is 7. The summed E-state index contributed by atoms with van der Waals surface area (Å²) in [6.07, 6.45) is 5.74. The lowest BCUT2D eigenvalue weighted by molar-refractivity contribution is -0.671. The highest BCUT2D eigenvalue weighted by Gasteiger charge is 2.35. The summed E-state index contributed by atoms with van der Waals surface area (Å²) in [5.74, 6) is 0.493. The second kappa shape index (κ2) is 4.93. The van der Waals surface area contributed by atoms with Crippen LogP contribution in [0.3, 0.4) is 0 Å². The van der Waals surface area contributed by atoms with E-state index in [4.69, 9.17) is 0 Å². The van der Waals surface area contributed by atoms with E-state index in [-0.39, 0.29) is 10.6 Å². The average Bonchev–Trinajstić information content (AvgIpc) is 2.94. The quantitative estimate of drug-likeness (QED) is 0.443. The molecule has 1 atom stereocenters. The topological polar surface area (TPSA) is 93.9 Å². The molecule has 2 aromatic heterocycles. The molecular formula is C12H14N7O2+. The van der Waals surface area contributed by atoms with Crippen molar-refractivity contribution >= 4 is 5.95 Å². The number of tetrazole rings is 1. The van der Waals surface area contributed by atoms with Gasteiger partial charge in [0.2, 0.25) is 5.95 Å². The molecule has 0 amide bonds. The Kier molecular flexibility index (Phi) is 3.09. The molecule has 0 aromatic carbocycles. The van der Waals surface area contributed by atoms with Crippen molar-refractivity contribution in [2.45, 2.75) is 12.5 Å². The third-order valence-electron chi connectivity index (χ3n) is 3.44. The minimum atomic E-state index is -0.520. The lowest BCUT2D eigenvalue weighted by Crippen LogP contribution is -2.31. The largest absolute Gasteiger partial charge is 0.313 e. The average molecular weight is 288 g/mol. The Morgan fingerprint density at radius 3 is 2.81 bits per heavy atom. The van der Waals surface area contributed by atoms with Gasteiger partial charge < -0.3 is 4.90 Å². The van der Waals surface area contributed by atoms with Gasteiger partial charge in [-0.15, -0.1) is 0 Å². The second-order valence-corrected chi connectivity index (χ2v) is 4.94. The predicted octanol–water partition coefficient (Wildman–Crippen LogP) is -0.151. The number of rotatable bonds is 3. The van der Waals surface area contributed by atoms with Crippen LogP contribution in [0.2, 0.25) is 0 Å². The first kappa shape index (κ1) is 13.2. The van der Waals surface area contributed by atoms with Crippen LogP contribution in [0.15, 0.2) is 36.4 Å². The van der Waals surface area contributed by atoms with Gasteiger partial charge in [-0.25, -0.2) is 4.57 Å². The number of allylic oxidation sites excluding steroid dienone is 1. The van der Waals surface area contributed by atoms with Gasteiger partial charge in [0.1, 0.15) is 7.05 Å². The van der Waals surface area contributed by atoms with Crippen molar-refractivity contribution in [3.63, 3.8) is 0 Å².